The minimum absolute atomic E-state index is 0.152. The Hall–Kier alpha value is -3.20. The van der Waals surface area contributed by atoms with Crippen molar-refractivity contribution in [2.75, 3.05) is 19.0 Å². The van der Waals surface area contributed by atoms with Crippen LogP contribution in [-0.2, 0) is 29.2 Å². The Kier molecular flexibility index (Phi) is 6.74. The topological polar surface area (TPSA) is 100 Å². The summed E-state index contributed by atoms with van der Waals surface area (Å²) in [7, 11) is 1.57. The SMILES string of the molecule is COCCn1cnc2c1c(=O)n(CC(=O)Nc1c(C)cccc1C)c(=O)n2CC(C)C. The molecule has 0 unspecified atom stereocenters. The van der Waals surface area contributed by atoms with Gasteiger partial charge in [0.1, 0.15) is 6.54 Å². The van der Waals surface area contributed by atoms with Gasteiger partial charge in [0, 0.05) is 25.9 Å². The Labute approximate surface area is 180 Å². The molecule has 0 spiro atoms. The van der Waals surface area contributed by atoms with Crippen LogP contribution in [0.15, 0.2) is 34.1 Å². The molecule has 0 bridgehead atoms. The number of hydrogen-bond acceptors (Lipinski definition) is 5. The van der Waals surface area contributed by atoms with Gasteiger partial charge in [-0.2, -0.15) is 0 Å². The van der Waals surface area contributed by atoms with Crippen molar-refractivity contribution >= 4 is 22.8 Å². The number of carbonyl (C=O) groups excluding carboxylic acids is 1. The molecule has 2 heterocycles. The molecule has 0 fully saturated rings. The molecule has 2 aromatic heterocycles. The van der Waals surface area contributed by atoms with Crippen molar-refractivity contribution in [2.24, 2.45) is 5.92 Å². The minimum atomic E-state index is -0.542. The molecule has 3 rings (SSSR count). The van der Waals surface area contributed by atoms with Crippen LogP contribution in [0, 0.1) is 19.8 Å². The highest BCUT2D eigenvalue weighted by Gasteiger charge is 2.20. The van der Waals surface area contributed by atoms with Crippen LogP contribution in [0.5, 0.6) is 0 Å². The molecule has 1 amide bonds. The lowest BCUT2D eigenvalue weighted by molar-refractivity contribution is -0.116. The summed E-state index contributed by atoms with van der Waals surface area (Å²) in [5.41, 5.74) is 2.04. The number of methoxy groups -OCH3 is 1. The van der Waals surface area contributed by atoms with E-state index in [1.54, 1.807) is 11.7 Å². The third-order valence-electron chi connectivity index (χ3n) is 5.11. The summed E-state index contributed by atoms with van der Waals surface area (Å²) in [5, 5.41) is 2.84. The maximum absolute atomic E-state index is 13.2. The van der Waals surface area contributed by atoms with Gasteiger partial charge in [-0.1, -0.05) is 32.0 Å². The normalized spacial score (nSPS) is 11.4. The van der Waals surface area contributed by atoms with Gasteiger partial charge in [-0.15, -0.1) is 0 Å². The average molecular weight is 428 g/mol. The number of imidazole rings is 1. The Balaban J connectivity index is 2.07. The Morgan fingerprint density at radius 3 is 2.45 bits per heavy atom. The first-order valence-corrected chi connectivity index (χ1v) is 10.3. The lowest BCUT2D eigenvalue weighted by atomic mass is 10.1. The molecule has 0 radical (unpaired) electrons. The van der Waals surface area contributed by atoms with Crippen LogP contribution in [-0.4, -0.2) is 38.3 Å². The van der Waals surface area contributed by atoms with Gasteiger partial charge in [-0.25, -0.2) is 14.3 Å². The fourth-order valence-corrected chi connectivity index (χ4v) is 3.60. The molecule has 0 aliphatic rings. The van der Waals surface area contributed by atoms with Crippen molar-refractivity contribution in [1.82, 2.24) is 18.7 Å². The maximum atomic E-state index is 13.2. The molecule has 9 heteroatoms. The minimum Gasteiger partial charge on any atom is -0.383 e. The molecule has 166 valence electrons. The fraction of sp³-hybridized carbons (Fsp3) is 0.455. The molecule has 31 heavy (non-hydrogen) atoms. The lowest BCUT2D eigenvalue weighted by Gasteiger charge is -2.15. The second-order valence-corrected chi connectivity index (χ2v) is 8.10. The van der Waals surface area contributed by atoms with Gasteiger partial charge < -0.3 is 14.6 Å². The van der Waals surface area contributed by atoms with Crippen LogP contribution in [0.3, 0.4) is 0 Å². The van der Waals surface area contributed by atoms with Crippen molar-refractivity contribution in [2.45, 2.75) is 47.3 Å². The number of aromatic nitrogens is 4. The van der Waals surface area contributed by atoms with Gasteiger partial charge in [-0.3, -0.25) is 14.2 Å². The molecule has 9 nitrogen and oxygen atoms in total. The van der Waals surface area contributed by atoms with Gasteiger partial charge in [0.15, 0.2) is 11.2 Å². The van der Waals surface area contributed by atoms with Gasteiger partial charge in [0.25, 0.3) is 5.56 Å². The number of rotatable bonds is 8. The summed E-state index contributed by atoms with van der Waals surface area (Å²) in [6.45, 7) is 8.55. The van der Waals surface area contributed by atoms with Crippen molar-refractivity contribution < 1.29 is 9.53 Å². The monoisotopic (exact) mass is 427 g/mol. The highest BCUT2D eigenvalue weighted by molar-refractivity contribution is 5.92. The second kappa shape index (κ2) is 9.30. The Bertz CT molecular complexity index is 1200. The first-order chi connectivity index (χ1) is 14.7. The van der Waals surface area contributed by atoms with Crippen molar-refractivity contribution in [3.63, 3.8) is 0 Å². The fourth-order valence-electron chi connectivity index (χ4n) is 3.60. The largest absolute Gasteiger partial charge is 0.383 e. The lowest BCUT2D eigenvalue weighted by Crippen LogP contribution is -2.43. The quantitative estimate of drug-likeness (QED) is 0.592. The summed E-state index contributed by atoms with van der Waals surface area (Å²) in [6, 6.07) is 5.69. The zero-order valence-corrected chi connectivity index (χ0v) is 18.6. The standard InChI is InChI=1S/C22H29N5O4/c1-14(2)11-26-20-19(25(13-23-20)9-10-31-5)21(29)27(22(26)30)12-17(28)24-18-15(3)7-6-8-16(18)4/h6-8,13-14H,9-12H2,1-5H3,(H,24,28). The Morgan fingerprint density at radius 1 is 1.16 bits per heavy atom. The van der Waals surface area contributed by atoms with Crippen LogP contribution in [0.4, 0.5) is 5.69 Å². The van der Waals surface area contributed by atoms with Crippen molar-refractivity contribution in [1.29, 1.82) is 0 Å². The van der Waals surface area contributed by atoms with E-state index in [9.17, 15) is 14.4 Å². The number of carbonyl (C=O) groups is 1. The molecule has 1 N–H and O–H groups in total. The van der Waals surface area contributed by atoms with Gasteiger partial charge in [0.05, 0.1) is 12.9 Å². The van der Waals surface area contributed by atoms with E-state index in [0.717, 1.165) is 15.7 Å². The summed E-state index contributed by atoms with van der Waals surface area (Å²) in [4.78, 5) is 43.5. The molecular weight excluding hydrogens is 398 g/mol. The highest BCUT2D eigenvalue weighted by Crippen LogP contribution is 2.19. The maximum Gasteiger partial charge on any atom is 0.333 e. The van der Waals surface area contributed by atoms with E-state index in [4.69, 9.17) is 4.74 Å². The van der Waals surface area contributed by atoms with E-state index in [2.05, 4.69) is 10.3 Å². The van der Waals surface area contributed by atoms with E-state index < -0.39 is 17.2 Å². The second-order valence-electron chi connectivity index (χ2n) is 8.10. The number of benzene rings is 1. The molecule has 0 aliphatic carbocycles. The molecule has 0 saturated heterocycles. The number of hydrogen-bond donors (Lipinski definition) is 1. The molecule has 0 saturated carbocycles. The number of fused-ring (bicyclic) bond motifs is 1. The van der Waals surface area contributed by atoms with E-state index in [1.807, 2.05) is 45.9 Å². The van der Waals surface area contributed by atoms with Gasteiger partial charge in [0.2, 0.25) is 5.91 Å². The van der Waals surface area contributed by atoms with E-state index in [-0.39, 0.29) is 18.0 Å². The third kappa shape index (κ3) is 4.61. The predicted octanol–water partition coefficient (Wildman–Crippen LogP) is 1.92. The first kappa shape index (κ1) is 22.5. The number of para-hydroxylation sites is 1. The smallest absolute Gasteiger partial charge is 0.333 e. The predicted molar refractivity (Wildman–Crippen MR) is 120 cm³/mol. The Morgan fingerprint density at radius 2 is 1.84 bits per heavy atom. The van der Waals surface area contributed by atoms with Crippen molar-refractivity contribution in [3.05, 3.63) is 56.5 Å². The van der Waals surface area contributed by atoms with E-state index in [1.165, 1.54) is 10.9 Å². The number of nitrogens with one attached hydrogen (secondary N) is 1. The highest BCUT2D eigenvalue weighted by atomic mass is 16.5. The van der Waals surface area contributed by atoms with Crippen LogP contribution >= 0.6 is 0 Å². The van der Waals surface area contributed by atoms with Crippen LogP contribution < -0.4 is 16.6 Å². The van der Waals surface area contributed by atoms with E-state index >= 15 is 0 Å². The first-order valence-electron chi connectivity index (χ1n) is 10.3. The molecular formula is C22H29N5O4. The summed E-state index contributed by atoms with van der Waals surface area (Å²) in [5.74, 6) is -0.283. The third-order valence-corrected chi connectivity index (χ3v) is 5.11. The number of aryl methyl sites for hydroxylation is 2. The van der Waals surface area contributed by atoms with Gasteiger partial charge in [-0.05, 0) is 30.9 Å². The molecule has 0 aliphatic heterocycles. The van der Waals surface area contributed by atoms with E-state index in [0.29, 0.717) is 31.0 Å². The van der Waals surface area contributed by atoms with Gasteiger partial charge >= 0.3 is 5.69 Å². The summed E-state index contributed by atoms with van der Waals surface area (Å²) >= 11 is 0. The molecule has 0 atom stereocenters. The van der Waals surface area contributed by atoms with Crippen molar-refractivity contribution in [3.8, 4) is 0 Å². The summed E-state index contributed by atoms with van der Waals surface area (Å²) in [6.07, 6.45) is 1.53. The molecule has 3 aromatic rings. The summed E-state index contributed by atoms with van der Waals surface area (Å²) < 4.78 is 9.23. The van der Waals surface area contributed by atoms with Crippen LogP contribution in [0.25, 0.3) is 11.2 Å². The average Bonchev–Trinajstić information content (AvgIpc) is 3.13. The zero-order chi connectivity index (χ0) is 22.7. The number of amides is 1. The number of anilines is 1. The van der Waals surface area contributed by atoms with Crippen LogP contribution in [0.2, 0.25) is 0 Å². The number of nitrogens with zero attached hydrogens (tertiary/aromatic N) is 4. The van der Waals surface area contributed by atoms with Crippen LogP contribution in [0.1, 0.15) is 25.0 Å². The number of ether oxygens (including phenoxy) is 1. The molecule has 1 aromatic carbocycles. The zero-order valence-electron chi connectivity index (χ0n) is 18.6.